The van der Waals surface area contributed by atoms with Crippen LogP contribution in [0.15, 0.2) is 28.8 Å². The normalized spacial score (nSPS) is 12.1. The molecule has 0 fully saturated rings. The average Bonchev–Trinajstić information content (AvgIpc) is 3.01. The fourth-order valence-electron chi connectivity index (χ4n) is 2.39. The number of aromatic nitrogens is 2. The number of hydrogen-bond acceptors (Lipinski definition) is 5. The molecule has 6 nitrogen and oxygen atoms in total. The highest BCUT2D eigenvalue weighted by molar-refractivity contribution is 5.85. The summed E-state index contributed by atoms with van der Waals surface area (Å²) in [6.45, 7) is 8.55. The van der Waals surface area contributed by atoms with Crippen molar-refractivity contribution in [1.82, 2.24) is 15.5 Å². The van der Waals surface area contributed by atoms with Crippen LogP contribution in [0.1, 0.15) is 51.6 Å². The minimum Gasteiger partial charge on any atom is -0.344 e. The van der Waals surface area contributed by atoms with E-state index in [1.54, 1.807) is 0 Å². The van der Waals surface area contributed by atoms with Crippen molar-refractivity contribution in [3.63, 3.8) is 0 Å². The zero-order valence-electron chi connectivity index (χ0n) is 15.2. The first-order chi connectivity index (χ1) is 11.4. The Morgan fingerprint density at radius 1 is 1.20 bits per heavy atom. The summed E-state index contributed by atoms with van der Waals surface area (Å²) in [6.07, 6.45) is 0.477. The van der Waals surface area contributed by atoms with Crippen molar-refractivity contribution in [2.75, 3.05) is 0 Å². The number of rotatable bonds is 7. The molecule has 1 heterocycles. The monoisotopic (exact) mass is 366 g/mol. The van der Waals surface area contributed by atoms with Crippen LogP contribution in [0, 0.1) is 11.8 Å². The Balaban J connectivity index is 0.00000312. The molecule has 0 aliphatic carbocycles. The van der Waals surface area contributed by atoms with Gasteiger partial charge in [-0.2, -0.15) is 4.98 Å². The lowest BCUT2D eigenvalue weighted by Gasteiger charge is -2.19. The summed E-state index contributed by atoms with van der Waals surface area (Å²) in [6, 6.07) is 7.42. The summed E-state index contributed by atoms with van der Waals surface area (Å²) in [4.78, 5) is 16.5. The van der Waals surface area contributed by atoms with Gasteiger partial charge in [0.15, 0.2) is 0 Å². The molecule has 0 saturated heterocycles. The van der Waals surface area contributed by atoms with Gasteiger partial charge in [0.05, 0.1) is 0 Å². The van der Waals surface area contributed by atoms with Crippen LogP contribution in [0.4, 0.5) is 0 Å². The lowest BCUT2D eigenvalue weighted by molar-refractivity contribution is -0.123. The van der Waals surface area contributed by atoms with Gasteiger partial charge in [-0.25, -0.2) is 0 Å². The molecule has 1 aromatic carbocycles. The number of carbonyl (C=O) groups is 1. The standard InChI is InChI=1S/C18H26N4O2.ClH/c1-11(2)9-15(23)20-16(12(3)4)18-21-17(22-24-18)14-7-5-13(10-19)6-8-14;/h5-8,11-12,16H,9-10,19H2,1-4H3,(H,20,23);1H. The van der Waals surface area contributed by atoms with Crippen LogP contribution in [0.2, 0.25) is 0 Å². The minimum atomic E-state index is -0.291. The van der Waals surface area contributed by atoms with Gasteiger partial charge in [0.1, 0.15) is 6.04 Å². The van der Waals surface area contributed by atoms with Crippen LogP contribution in [-0.2, 0) is 11.3 Å². The molecule has 0 aliphatic heterocycles. The molecule has 1 amide bonds. The van der Waals surface area contributed by atoms with Gasteiger partial charge in [0, 0.05) is 18.5 Å². The summed E-state index contributed by atoms with van der Waals surface area (Å²) >= 11 is 0. The topological polar surface area (TPSA) is 94.0 Å². The Bertz CT molecular complexity index is 668. The number of nitrogens with one attached hydrogen (secondary N) is 1. The van der Waals surface area contributed by atoms with E-state index in [2.05, 4.69) is 15.5 Å². The molecule has 2 rings (SSSR count). The van der Waals surface area contributed by atoms with Gasteiger partial charge in [0.2, 0.25) is 17.6 Å². The van der Waals surface area contributed by atoms with Gasteiger partial charge in [-0.3, -0.25) is 4.79 Å². The molecule has 2 aromatic rings. The maximum absolute atomic E-state index is 12.1. The fourth-order valence-corrected chi connectivity index (χ4v) is 2.39. The van der Waals surface area contributed by atoms with Crippen LogP contribution in [0.5, 0.6) is 0 Å². The highest BCUT2D eigenvalue weighted by Gasteiger charge is 2.25. The molecule has 25 heavy (non-hydrogen) atoms. The molecular formula is C18H27ClN4O2. The summed E-state index contributed by atoms with van der Waals surface area (Å²) in [7, 11) is 0. The van der Waals surface area contributed by atoms with E-state index >= 15 is 0 Å². The Kier molecular flexibility index (Phi) is 8.06. The van der Waals surface area contributed by atoms with Gasteiger partial charge in [0.25, 0.3) is 0 Å². The second-order valence-electron chi connectivity index (χ2n) is 6.74. The number of amides is 1. The van der Waals surface area contributed by atoms with E-state index in [-0.39, 0.29) is 30.3 Å². The highest BCUT2D eigenvalue weighted by atomic mass is 35.5. The summed E-state index contributed by atoms with van der Waals surface area (Å²) in [5.41, 5.74) is 7.51. The highest BCUT2D eigenvalue weighted by Crippen LogP contribution is 2.24. The SMILES string of the molecule is CC(C)CC(=O)NC(c1nc(-c2ccc(CN)cc2)no1)C(C)C.Cl. The zero-order chi connectivity index (χ0) is 17.7. The van der Waals surface area contributed by atoms with Crippen molar-refractivity contribution in [3.05, 3.63) is 35.7 Å². The van der Waals surface area contributed by atoms with Gasteiger partial charge in [-0.1, -0.05) is 57.1 Å². The maximum Gasteiger partial charge on any atom is 0.249 e. The third-order valence-electron chi connectivity index (χ3n) is 3.73. The van der Waals surface area contributed by atoms with E-state index in [1.807, 2.05) is 52.0 Å². The second kappa shape index (κ2) is 9.53. The van der Waals surface area contributed by atoms with Crippen molar-refractivity contribution < 1.29 is 9.32 Å². The fraction of sp³-hybridized carbons (Fsp3) is 0.500. The number of hydrogen-bond donors (Lipinski definition) is 2. The average molecular weight is 367 g/mol. The number of carbonyl (C=O) groups excluding carboxylic acids is 1. The summed E-state index contributed by atoms with van der Waals surface area (Å²) in [5, 5.41) is 7.04. The molecule has 3 N–H and O–H groups in total. The van der Waals surface area contributed by atoms with Crippen molar-refractivity contribution in [2.45, 2.75) is 46.7 Å². The Morgan fingerprint density at radius 2 is 1.84 bits per heavy atom. The quantitative estimate of drug-likeness (QED) is 0.782. The van der Waals surface area contributed by atoms with Crippen LogP contribution >= 0.6 is 12.4 Å². The predicted molar refractivity (Wildman–Crippen MR) is 100 cm³/mol. The Labute approximate surface area is 155 Å². The first-order valence-electron chi connectivity index (χ1n) is 8.33. The molecule has 138 valence electrons. The molecule has 0 aliphatic rings. The van der Waals surface area contributed by atoms with Crippen molar-refractivity contribution in [1.29, 1.82) is 0 Å². The summed E-state index contributed by atoms with van der Waals surface area (Å²) < 4.78 is 5.40. The van der Waals surface area contributed by atoms with Crippen molar-refractivity contribution >= 4 is 18.3 Å². The van der Waals surface area contributed by atoms with E-state index in [0.29, 0.717) is 30.6 Å². The van der Waals surface area contributed by atoms with Gasteiger partial charge < -0.3 is 15.6 Å². The lowest BCUT2D eigenvalue weighted by atomic mass is 10.0. The zero-order valence-corrected chi connectivity index (χ0v) is 16.0. The third kappa shape index (κ3) is 5.83. The number of halogens is 1. The maximum atomic E-state index is 12.1. The van der Waals surface area contributed by atoms with E-state index in [9.17, 15) is 4.79 Å². The van der Waals surface area contributed by atoms with E-state index < -0.39 is 0 Å². The molecule has 1 atom stereocenters. The minimum absolute atomic E-state index is 0. The summed E-state index contributed by atoms with van der Waals surface area (Å²) in [5.74, 6) is 1.39. The van der Waals surface area contributed by atoms with Crippen molar-refractivity contribution in [3.8, 4) is 11.4 Å². The number of benzene rings is 1. The van der Waals surface area contributed by atoms with E-state index in [4.69, 9.17) is 10.3 Å². The Morgan fingerprint density at radius 3 is 2.36 bits per heavy atom. The lowest BCUT2D eigenvalue weighted by Crippen LogP contribution is -2.32. The van der Waals surface area contributed by atoms with E-state index in [1.165, 1.54) is 0 Å². The molecule has 1 unspecified atom stereocenters. The van der Waals surface area contributed by atoms with Gasteiger partial charge in [-0.15, -0.1) is 12.4 Å². The van der Waals surface area contributed by atoms with Crippen LogP contribution in [0.3, 0.4) is 0 Å². The smallest absolute Gasteiger partial charge is 0.249 e. The molecule has 0 bridgehead atoms. The molecule has 0 saturated carbocycles. The largest absolute Gasteiger partial charge is 0.344 e. The first-order valence-corrected chi connectivity index (χ1v) is 8.33. The molecule has 0 radical (unpaired) electrons. The number of nitrogens with two attached hydrogens (primary N) is 1. The van der Waals surface area contributed by atoms with Crippen LogP contribution in [-0.4, -0.2) is 16.0 Å². The number of nitrogens with zero attached hydrogens (tertiary/aromatic N) is 2. The third-order valence-corrected chi connectivity index (χ3v) is 3.73. The van der Waals surface area contributed by atoms with E-state index in [0.717, 1.165) is 11.1 Å². The predicted octanol–water partition coefficient (Wildman–Crippen LogP) is 3.48. The van der Waals surface area contributed by atoms with Crippen LogP contribution < -0.4 is 11.1 Å². The molecule has 7 heteroatoms. The van der Waals surface area contributed by atoms with Gasteiger partial charge >= 0.3 is 0 Å². The molecule has 1 aromatic heterocycles. The first kappa shape index (κ1) is 21.1. The van der Waals surface area contributed by atoms with Crippen LogP contribution in [0.25, 0.3) is 11.4 Å². The van der Waals surface area contributed by atoms with Crippen molar-refractivity contribution in [2.24, 2.45) is 17.6 Å². The molecular weight excluding hydrogens is 340 g/mol. The second-order valence-corrected chi connectivity index (χ2v) is 6.74. The molecule has 0 spiro atoms. The van der Waals surface area contributed by atoms with Gasteiger partial charge in [-0.05, 0) is 17.4 Å². The Hall–Kier alpha value is -1.92.